The minimum Gasteiger partial charge on any atom is -0.398 e. The summed E-state index contributed by atoms with van der Waals surface area (Å²) in [6.45, 7) is 0. The van der Waals surface area contributed by atoms with Crippen LogP contribution < -0.4 is 5.73 Å². The third-order valence-electron chi connectivity index (χ3n) is 2.64. The zero-order valence-electron chi connectivity index (χ0n) is 10.0. The van der Waals surface area contributed by atoms with Crippen LogP contribution in [-0.4, -0.2) is 15.1 Å². The average molecular weight is 307 g/mol. The molecule has 2 aromatic heterocycles. The fourth-order valence-corrected chi connectivity index (χ4v) is 1.99. The molecule has 100 valence electrons. The maximum atomic E-state index is 6.04. The van der Waals surface area contributed by atoms with Gasteiger partial charge < -0.3 is 10.3 Å². The second-order valence-electron chi connectivity index (χ2n) is 3.99. The summed E-state index contributed by atoms with van der Waals surface area (Å²) in [7, 11) is 0. The summed E-state index contributed by atoms with van der Waals surface area (Å²) in [6, 6.07) is 8.52. The molecule has 0 atom stereocenters. The second-order valence-corrected chi connectivity index (χ2v) is 4.81. The lowest BCUT2D eigenvalue weighted by Crippen LogP contribution is -1.88. The van der Waals surface area contributed by atoms with E-state index in [1.807, 2.05) is 0 Å². The fourth-order valence-electron chi connectivity index (χ4n) is 1.66. The Morgan fingerprint density at radius 2 is 1.95 bits per heavy atom. The summed E-state index contributed by atoms with van der Waals surface area (Å²) < 4.78 is 5.20. The Balaban J connectivity index is 2.02. The predicted molar refractivity (Wildman–Crippen MR) is 77.4 cm³/mol. The number of hydrogen-bond acceptors (Lipinski definition) is 5. The highest BCUT2D eigenvalue weighted by atomic mass is 35.5. The lowest BCUT2D eigenvalue weighted by atomic mass is 10.2. The quantitative estimate of drug-likeness (QED) is 0.731. The van der Waals surface area contributed by atoms with Gasteiger partial charge in [0.05, 0.1) is 15.7 Å². The fraction of sp³-hybridized carbons (Fsp3) is 0. The monoisotopic (exact) mass is 306 g/mol. The molecule has 0 radical (unpaired) electrons. The van der Waals surface area contributed by atoms with Crippen LogP contribution in [0.1, 0.15) is 0 Å². The van der Waals surface area contributed by atoms with Gasteiger partial charge in [-0.15, -0.1) is 0 Å². The van der Waals surface area contributed by atoms with Gasteiger partial charge in [0.1, 0.15) is 5.69 Å². The van der Waals surface area contributed by atoms with Crippen molar-refractivity contribution in [2.75, 3.05) is 5.73 Å². The van der Waals surface area contributed by atoms with Crippen LogP contribution >= 0.6 is 23.2 Å². The molecule has 0 amide bonds. The van der Waals surface area contributed by atoms with Crippen LogP contribution in [0.25, 0.3) is 23.0 Å². The van der Waals surface area contributed by atoms with Crippen LogP contribution in [0.15, 0.2) is 41.1 Å². The van der Waals surface area contributed by atoms with E-state index in [9.17, 15) is 0 Å². The third-order valence-corrected chi connectivity index (χ3v) is 3.29. The van der Waals surface area contributed by atoms with Crippen molar-refractivity contribution in [3.8, 4) is 23.0 Å². The van der Waals surface area contributed by atoms with Gasteiger partial charge in [0.2, 0.25) is 5.82 Å². The van der Waals surface area contributed by atoms with Crippen molar-refractivity contribution in [2.24, 2.45) is 0 Å². The van der Waals surface area contributed by atoms with Crippen molar-refractivity contribution in [3.63, 3.8) is 0 Å². The zero-order chi connectivity index (χ0) is 14.1. The molecule has 2 heterocycles. The van der Waals surface area contributed by atoms with Gasteiger partial charge in [-0.05, 0) is 30.3 Å². The molecule has 0 aliphatic carbocycles. The van der Waals surface area contributed by atoms with E-state index in [0.29, 0.717) is 38.7 Å². The topological polar surface area (TPSA) is 77.8 Å². The second kappa shape index (κ2) is 5.11. The van der Waals surface area contributed by atoms with E-state index in [0.717, 1.165) is 0 Å². The Kier molecular flexibility index (Phi) is 3.30. The van der Waals surface area contributed by atoms with E-state index in [1.54, 1.807) is 36.5 Å². The van der Waals surface area contributed by atoms with Crippen molar-refractivity contribution in [3.05, 3.63) is 46.6 Å². The number of benzene rings is 1. The first kappa shape index (κ1) is 12.9. The molecule has 2 N–H and O–H groups in total. The number of aromatic nitrogens is 3. The number of anilines is 1. The Morgan fingerprint density at radius 3 is 2.70 bits per heavy atom. The Morgan fingerprint density at radius 1 is 1.10 bits per heavy atom. The highest BCUT2D eigenvalue weighted by Gasteiger charge is 2.14. The lowest BCUT2D eigenvalue weighted by Gasteiger charge is -1.99. The van der Waals surface area contributed by atoms with E-state index >= 15 is 0 Å². The van der Waals surface area contributed by atoms with Gasteiger partial charge in [0.15, 0.2) is 0 Å². The Bertz CT molecular complexity index is 773. The van der Waals surface area contributed by atoms with Crippen LogP contribution in [-0.2, 0) is 0 Å². The van der Waals surface area contributed by atoms with Gasteiger partial charge in [-0.25, -0.2) is 0 Å². The summed E-state index contributed by atoms with van der Waals surface area (Å²) in [5.41, 5.74) is 7.33. The number of hydrogen-bond donors (Lipinski definition) is 1. The van der Waals surface area contributed by atoms with Gasteiger partial charge in [-0.3, -0.25) is 4.98 Å². The number of pyridine rings is 1. The molecule has 0 aliphatic rings. The largest absolute Gasteiger partial charge is 0.398 e. The van der Waals surface area contributed by atoms with Crippen LogP contribution in [0.2, 0.25) is 10.0 Å². The number of rotatable bonds is 2. The number of nitrogens with two attached hydrogens (primary N) is 1. The Hall–Kier alpha value is -2.11. The van der Waals surface area contributed by atoms with Crippen LogP contribution in [0.4, 0.5) is 5.69 Å². The van der Waals surface area contributed by atoms with Gasteiger partial charge >= 0.3 is 0 Å². The van der Waals surface area contributed by atoms with Gasteiger partial charge in [-0.1, -0.05) is 28.4 Å². The first-order valence-electron chi connectivity index (χ1n) is 5.65. The zero-order valence-corrected chi connectivity index (χ0v) is 11.6. The van der Waals surface area contributed by atoms with Crippen molar-refractivity contribution in [1.82, 2.24) is 15.1 Å². The molecule has 5 nitrogen and oxygen atoms in total. The molecular weight excluding hydrogens is 299 g/mol. The first-order valence-corrected chi connectivity index (χ1v) is 6.41. The van der Waals surface area contributed by atoms with E-state index in [1.165, 1.54) is 0 Å². The molecule has 0 saturated carbocycles. The summed E-state index contributed by atoms with van der Waals surface area (Å²) in [4.78, 5) is 8.38. The SMILES string of the molecule is Nc1cc(-c2nc(-c3ncccc3Cl)no2)ccc1Cl. The van der Waals surface area contributed by atoms with Crippen molar-refractivity contribution in [1.29, 1.82) is 0 Å². The highest BCUT2D eigenvalue weighted by Crippen LogP contribution is 2.28. The first-order chi connectivity index (χ1) is 9.65. The lowest BCUT2D eigenvalue weighted by molar-refractivity contribution is 0.432. The number of nitrogens with zero attached hydrogens (tertiary/aromatic N) is 3. The molecule has 0 unspecified atom stereocenters. The summed E-state index contributed by atoms with van der Waals surface area (Å²) in [5.74, 6) is 0.643. The minimum atomic E-state index is 0.319. The molecule has 0 saturated heterocycles. The van der Waals surface area contributed by atoms with E-state index in [4.69, 9.17) is 33.5 Å². The van der Waals surface area contributed by atoms with Crippen molar-refractivity contribution < 1.29 is 4.52 Å². The minimum absolute atomic E-state index is 0.319. The molecule has 1 aromatic carbocycles. The molecule has 7 heteroatoms. The van der Waals surface area contributed by atoms with Gasteiger partial charge in [-0.2, -0.15) is 4.98 Å². The van der Waals surface area contributed by atoms with Crippen LogP contribution in [0.3, 0.4) is 0 Å². The molecular formula is C13H8Cl2N4O. The predicted octanol–water partition coefficient (Wildman–Crippen LogP) is 3.69. The normalized spacial score (nSPS) is 10.7. The van der Waals surface area contributed by atoms with Crippen LogP contribution in [0, 0.1) is 0 Å². The summed E-state index contributed by atoms with van der Waals surface area (Å²) >= 11 is 11.9. The van der Waals surface area contributed by atoms with E-state index in [2.05, 4.69) is 15.1 Å². The van der Waals surface area contributed by atoms with Crippen molar-refractivity contribution >= 4 is 28.9 Å². The maximum Gasteiger partial charge on any atom is 0.258 e. The molecule has 0 aliphatic heterocycles. The molecule has 3 rings (SSSR count). The molecule has 0 bridgehead atoms. The molecule has 0 fully saturated rings. The van der Waals surface area contributed by atoms with Gasteiger partial charge in [0, 0.05) is 11.8 Å². The highest BCUT2D eigenvalue weighted by molar-refractivity contribution is 6.33. The maximum absolute atomic E-state index is 6.04. The number of halogens is 2. The summed E-state index contributed by atoms with van der Waals surface area (Å²) in [5, 5.41) is 4.80. The van der Waals surface area contributed by atoms with Crippen molar-refractivity contribution in [2.45, 2.75) is 0 Å². The standard InChI is InChI=1S/C13H8Cl2N4O/c14-8-4-3-7(6-10(8)16)13-18-12(19-20-13)11-9(15)2-1-5-17-11/h1-6H,16H2. The van der Waals surface area contributed by atoms with E-state index in [-0.39, 0.29) is 0 Å². The van der Waals surface area contributed by atoms with Crippen LogP contribution in [0.5, 0.6) is 0 Å². The van der Waals surface area contributed by atoms with E-state index < -0.39 is 0 Å². The average Bonchev–Trinajstić information content (AvgIpc) is 2.92. The van der Waals surface area contributed by atoms with Gasteiger partial charge in [0.25, 0.3) is 5.89 Å². The smallest absolute Gasteiger partial charge is 0.258 e. The Labute approximate surface area is 124 Å². The third kappa shape index (κ3) is 2.33. The summed E-state index contributed by atoms with van der Waals surface area (Å²) in [6.07, 6.45) is 1.61. The molecule has 3 aromatic rings. The molecule has 20 heavy (non-hydrogen) atoms. The number of nitrogen functional groups attached to an aromatic ring is 1. The molecule has 0 spiro atoms.